The van der Waals surface area contributed by atoms with Crippen molar-refractivity contribution in [1.82, 2.24) is 4.98 Å². The first-order valence-electron chi connectivity index (χ1n) is 8.89. The van der Waals surface area contributed by atoms with Crippen LogP contribution in [0, 0.1) is 5.92 Å². The normalized spacial score (nSPS) is 15.2. The van der Waals surface area contributed by atoms with Crippen LogP contribution in [-0.4, -0.2) is 18.2 Å². The molecule has 1 aliphatic rings. The Morgan fingerprint density at radius 2 is 1.92 bits per heavy atom. The lowest BCUT2D eigenvalue weighted by Gasteiger charge is -2.11. The number of aromatic nitrogens is 1. The van der Waals surface area contributed by atoms with E-state index in [1.807, 2.05) is 37.4 Å². The van der Waals surface area contributed by atoms with Gasteiger partial charge in [0.2, 0.25) is 0 Å². The van der Waals surface area contributed by atoms with Gasteiger partial charge in [0.15, 0.2) is 0 Å². The minimum absolute atomic E-state index is 0.440. The molecule has 0 atom stereocenters. The molecule has 0 aliphatic heterocycles. The van der Waals surface area contributed by atoms with Crippen molar-refractivity contribution >= 4 is 0 Å². The molecular weight excluding hydrogens is 298 g/mol. The third-order valence-corrected chi connectivity index (χ3v) is 3.96. The third kappa shape index (κ3) is 6.77. The summed E-state index contributed by atoms with van der Waals surface area (Å²) in [6.45, 7) is 12.7. The second-order valence-electron chi connectivity index (χ2n) is 6.76. The van der Waals surface area contributed by atoms with Crippen LogP contribution in [0.3, 0.4) is 0 Å². The van der Waals surface area contributed by atoms with Gasteiger partial charge in [0, 0.05) is 6.20 Å². The Hall–Kier alpha value is -1.77. The van der Waals surface area contributed by atoms with Crippen LogP contribution in [0.1, 0.15) is 66.0 Å². The quantitative estimate of drug-likeness (QED) is 0.481. The first-order valence-corrected chi connectivity index (χ1v) is 8.89. The number of nitrogens with zero attached hydrogens (tertiary/aromatic N) is 1. The summed E-state index contributed by atoms with van der Waals surface area (Å²) in [4.78, 5) is 4.33. The standard InChI is InChI=1S/C11H15NO.C10H18O/c1-8(2)11-10(4-3-7-12-11)13-9-5-6-9;1-6-7-10(11-5)9(4)8(2)3/h3-4,7-9H,5-6H2,1-2H3;6-8H,1-5H3/b;7-6-,10-9-. The fourth-order valence-electron chi connectivity index (χ4n) is 2.10. The zero-order valence-corrected chi connectivity index (χ0v) is 16.3. The highest BCUT2D eigenvalue weighted by Gasteiger charge is 2.25. The first kappa shape index (κ1) is 20.3. The fraction of sp³-hybridized carbons (Fsp3) is 0.571. The highest BCUT2D eigenvalue weighted by molar-refractivity contribution is 5.29. The molecule has 0 bridgehead atoms. The molecule has 0 radical (unpaired) electrons. The average molecular weight is 332 g/mol. The molecule has 1 aromatic rings. The van der Waals surface area contributed by atoms with E-state index in [-0.39, 0.29) is 0 Å². The fourth-order valence-corrected chi connectivity index (χ4v) is 2.10. The minimum Gasteiger partial charge on any atom is -0.497 e. The SMILES string of the molecule is C/C=C\C(OC)=C(/C)C(C)C.CC(C)c1ncccc1OC1CC1. The molecule has 0 saturated heterocycles. The van der Waals surface area contributed by atoms with E-state index in [9.17, 15) is 0 Å². The van der Waals surface area contributed by atoms with Gasteiger partial charge in [0.1, 0.15) is 11.5 Å². The van der Waals surface area contributed by atoms with E-state index >= 15 is 0 Å². The monoisotopic (exact) mass is 331 g/mol. The van der Waals surface area contributed by atoms with Crippen LogP contribution in [0.5, 0.6) is 5.75 Å². The Bertz CT molecular complexity index is 555. The van der Waals surface area contributed by atoms with Gasteiger partial charge in [-0.15, -0.1) is 0 Å². The van der Waals surface area contributed by atoms with Gasteiger partial charge in [-0.25, -0.2) is 0 Å². The number of methoxy groups -OCH3 is 1. The lowest BCUT2D eigenvalue weighted by atomic mass is 10.0. The van der Waals surface area contributed by atoms with Crippen LogP contribution in [-0.2, 0) is 4.74 Å². The number of allylic oxidation sites excluding steroid dienone is 3. The largest absolute Gasteiger partial charge is 0.497 e. The summed E-state index contributed by atoms with van der Waals surface area (Å²) in [6.07, 6.45) is 8.68. The van der Waals surface area contributed by atoms with Crippen molar-refractivity contribution in [2.75, 3.05) is 7.11 Å². The van der Waals surface area contributed by atoms with Crippen LogP contribution in [0.2, 0.25) is 0 Å². The van der Waals surface area contributed by atoms with Gasteiger partial charge in [0.25, 0.3) is 0 Å². The van der Waals surface area contributed by atoms with E-state index in [1.165, 1.54) is 18.4 Å². The molecule has 1 aliphatic carbocycles. The van der Waals surface area contributed by atoms with E-state index in [4.69, 9.17) is 9.47 Å². The summed E-state index contributed by atoms with van der Waals surface area (Å²) in [7, 11) is 1.71. The molecule has 1 saturated carbocycles. The van der Waals surface area contributed by atoms with Crippen LogP contribution >= 0.6 is 0 Å². The third-order valence-electron chi connectivity index (χ3n) is 3.96. The van der Waals surface area contributed by atoms with E-state index in [1.54, 1.807) is 7.11 Å². The second-order valence-corrected chi connectivity index (χ2v) is 6.76. The van der Waals surface area contributed by atoms with Crippen molar-refractivity contribution in [1.29, 1.82) is 0 Å². The molecule has 1 heterocycles. The highest BCUT2D eigenvalue weighted by atomic mass is 16.5. The summed E-state index contributed by atoms with van der Waals surface area (Å²) < 4.78 is 11.0. The summed E-state index contributed by atoms with van der Waals surface area (Å²) >= 11 is 0. The molecular formula is C21H33NO2. The average Bonchev–Trinajstić information content (AvgIpc) is 3.36. The molecule has 0 unspecified atom stereocenters. The molecule has 24 heavy (non-hydrogen) atoms. The summed E-state index contributed by atoms with van der Waals surface area (Å²) in [5.74, 6) is 2.96. The van der Waals surface area contributed by atoms with Crippen molar-refractivity contribution in [3.05, 3.63) is 47.5 Å². The lowest BCUT2D eigenvalue weighted by Crippen LogP contribution is -2.02. The van der Waals surface area contributed by atoms with Crippen molar-refractivity contribution in [3.8, 4) is 5.75 Å². The topological polar surface area (TPSA) is 31.4 Å². The van der Waals surface area contributed by atoms with Gasteiger partial charge in [-0.3, -0.25) is 4.98 Å². The predicted molar refractivity (Wildman–Crippen MR) is 101 cm³/mol. The maximum Gasteiger partial charge on any atom is 0.141 e. The van der Waals surface area contributed by atoms with Gasteiger partial charge >= 0.3 is 0 Å². The number of rotatable bonds is 6. The maximum absolute atomic E-state index is 5.76. The second kappa shape index (κ2) is 10.2. The molecule has 0 amide bonds. The van der Waals surface area contributed by atoms with E-state index in [0.717, 1.165) is 17.2 Å². The molecule has 3 heteroatoms. The van der Waals surface area contributed by atoms with Crippen LogP contribution in [0.4, 0.5) is 0 Å². The van der Waals surface area contributed by atoms with E-state index < -0.39 is 0 Å². The van der Waals surface area contributed by atoms with Gasteiger partial charge in [-0.1, -0.05) is 33.8 Å². The Morgan fingerprint density at radius 1 is 1.25 bits per heavy atom. The molecule has 1 aromatic heterocycles. The Morgan fingerprint density at radius 3 is 2.38 bits per heavy atom. The Labute approximate surface area is 147 Å². The van der Waals surface area contributed by atoms with Gasteiger partial charge < -0.3 is 9.47 Å². The predicted octanol–water partition coefficient (Wildman–Crippen LogP) is 5.89. The summed E-state index contributed by atoms with van der Waals surface area (Å²) in [6, 6.07) is 3.95. The molecule has 0 spiro atoms. The summed E-state index contributed by atoms with van der Waals surface area (Å²) in [5.41, 5.74) is 2.38. The lowest BCUT2D eigenvalue weighted by molar-refractivity contribution is 0.297. The molecule has 0 N–H and O–H groups in total. The van der Waals surface area contributed by atoms with Crippen molar-refractivity contribution in [2.24, 2.45) is 5.92 Å². The van der Waals surface area contributed by atoms with Crippen LogP contribution in [0.25, 0.3) is 0 Å². The molecule has 3 nitrogen and oxygen atoms in total. The summed E-state index contributed by atoms with van der Waals surface area (Å²) in [5, 5.41) is 0. The van der Waals surface area contributed by atoms with Crippen molar-refractivity contribution in [3.63, 3.8) is 0 Å². The molecule has 1 fully saturated rings. The van der Waals surface area contributed by atoms with Gasteiger partial charge in [-0.2, -0.15) is 0 Å². The number of hydrogen-bond donors (Lipinski definition) is 0. The maximum atomic E-state index is 5.76. The molecule has 134 valence electrons. The highest BCUT2D eigenvalue weighted by Crippen LogP contribution is 2.30. The van der Waals surface area contributed by atoms with Crippen LogP contribution < -0.4 is 4.74 Å². The molecule has 2 rings (SSSR count). The van der Waals surface area contributed by atoms with Gasteiger partial charge in [-0.05, 0) is 62.3 Å². The number of hydrogen-bond acceptors (Lipinski definition) is 3. The van der Waals surface area contributed by atoms with E-state index in [0.29, 0.717) is 17.9 Å². The zero-order valence-electron chi connectivity index (χ0n) is 16.3. The zero-order chi connectivity index (χ0) is 18.1. The smallest absolute Gasteiger partial charge is 0.141 e. The van der Waals surface area contributed by atoms with Gasteiger partial charge in [0.05, 0.1) is 18.9 Å². The van der Waals surface area contributed by atoms with E-state index in [2.05, 4.69) is 39.6 Å². The minimum atomic E-state index is 0.440. The molecule has 0 aromatic carbocycles. The van der Waals surface area contributed by atoms with Crippen LogP contribution in [0.15, 0.2) is 41.8 Å². The number of ether oxygens (including phenoxy) is 2. The Kier molecular flexibility index (Phi) is 8.59. The first-order chi connectivity index (χ1) is 11.4. The van der Waals surface area contributed by atoms with Crippen molar-refractivity contribution < 1.29 is 9.47 Å². The van der Waals surface area contributed by atoms with Crippen molar-refractivity contribution in [2.45, 2.75) is 66.4 Å². The Balaban J connectivity index is 0.000000245. The number of pyridine rings is 1.